The minimum Gasteiger partial charge on any atom is -0.382 e. The van der Waals surface area contributed by atoms with Gasteiger partial charge in [0.25, 0.3) is 0 Å². The van der Waals surface area contributed by atoms with Crippen molar-refractivity contribution in [1.82, 2.24) is 24.7 Å². The number of nitrogens with zero attached hydrogens (tertiary/aromatic N) is 5. The van der Waals surface area contributed by atoms with Gasteiger partial charge in [-0.15, -0.1) is 5.10 Å². The first-order chi connectivity index (χ1) is 15.6. The number of carbonyl (C=O) groups is 1. The maximum atomic E-state index is 12.3. The number of benzene rings is 1. The van der Waals surface area contributed by atoms with Gasteiger partial charge in [-0.05, 0) is 61.2 Å². The van der Waals surface area contributed by atoms with Gasteiger partial charge < -0.3 is 15.6 Å². The summed E-state index contributed by atoms with van der Waals surface area (Å²) in [6, 6.07) is 11.0. The summed E-state index contributed by atoms with van der Waals surface area (Å²) in [6.45, 7) is 4.00. The van der Waals surface area contributed by atoms with Crippen LogP contribution in [0.25, 0.3) is 16.7 Å². The van der Waals surface area contributed by atoms with Crippen molar-refractivity contribution in [2.45, 2.75) is 39.5 Å². The number of amides is 1. The van der Waals surface area contributed by atoms with E-state index in [1.165, 1.54) is 17.6 Å². The Bertz CT molecular complexity index is 1250. The maximum absolute atomic E-state index is 12.3. The number of rotatable bonds is 4. The Kier molecular flexibility index (Phi) is 6.32. The lowest BCUT2D eigenvalue weighted by Gasteiger charge is -2.12. The summed E-state index contributed by atoms with van der Waals surface area (Å²) in [5, 5.41) is 10.8. The molecule has 0 bridgehead atoms. The highest BCUT2D eigenvalue weighted by atomic mass is 35.5. The molecule has 8 nitrogen and oxygen atoms in total. The predicted octanol–water partition coefficient (Wildman–Crippen LogP) is 4.14. The van der Waals surface area contributed by atoms with Gasteiger partial charge in [0, 0.05) is 17.1 Å². The SMILES string of the molecule is CC.Nc1ncnc2c3c(n(-c4ccc(NC(=O)Cc5ccc(Cl)nn5)cc4)c12)CCC3. The van der Waals surface area contributed by atoms with Gasteiger partial charge in [-0.2, -0.15) is 5.10 Å². The molecule has 1 amide bonds. The molecule has 0 radical (unpaired) electrons. The lowest BCUT2D eigenvalue weighted by Crippen LogP contribution is -2.15. The van der Waals surface area contributed by atoms with Gasteiger partial charge in [0.2, 0.25) is 5.91 Å². The van der Waals surface area contributed by atoms with E-state index in [0.29, 0.717) is 22.4 Å². The summed E-state index contributed by atoms with van der Waals surface area (Å²) in [4.78, 5) is 21.0. The van der Waals surface area contributed by atoms with Crippen LogP contribution in [0, 0.1) is 0 Å². The van der Waals surface area contributed by atoms with Crippen molar-refractivity contribution in [3.63, 3.8) is 0 Å². The van der Waals surface area contributed by atoms with Crippen LogP contribution in [0.4, 0.5) is 11.5 Å². The lowest BCUT2D eigenvalue weighted by molar-refractivity contribution is -0.115. The molecule has 0 saturated heterocycles. The average Bonchev–Trinajstić information content (AvgIpc) is 3.39. The molecule has 0 spiro atoms. The highest BCUT2D eigenvalue weighted by molar-refractivity contribution is 6.29. The fourth-order valence-corrected chi connectivity index (χ4v) is 4.09. The zero-order valence-corrected chi connectivity index (χ0v) is 18.7. The molecule has 5 rings (SSSR count). The Morgan fingerprint density at radius 1 is 1.09 bits per heavy atom. The standard InChI is InChI=1S/C21H18ClN7O.C2H6/c22-17-9-6-13(27-28-17)10-18(30)26-12-4-7-14(8-5-12)29-16-3-1-2-15(16)19-20(29)21(23)25-11-24-19;1-2/h4-9,11H,1-3,10H2,(H,26,30)(H2,23,24,25);1-2H3. The molecule has 3 heterocycles. The van der Waals surface area contributed by atoms with Gasteiger partial charge in [-0.3, -0.25) is 4.79 Å². The topological polar surface area (TPSA) is 112 Å². The predicted molar refractivity (Wildman–Crippen MR) is 126 cm³/mol. The third-order valence-electron chi connectivity index (χ3n) is 5.26. The smallest absolute Gasteiger partial charge is 0.230 e. The Balaban J connectivity index is 0.00000119. The number of carbonyl (C=O) groups excluding carboxylic acids is 1. The molecule has 3 aromatic heterocycles. The van der Waals surface area contributed by atoms with Crippen LogP contribution in [0.5, 0.6) is 0 Å². The molecular weight excluding hydrogens is 426 g/mol. The highest BCUT2D eigenvalue weighted by Crippen LogP contribution is 2.36. The second-order valence-corrected chi connectivity index (χ2v) is 7.58. The van der Waals surface area contributed by atoms with E-state index >= 15 is 0 Å². The minimum atomic E-state index is -0.177. The van der Waals surface area contributed by atoms with Crippen molar-refractivity contribution in [1.29, 1.82) is 0 Å². The van der Waals surface area contributed by atoms with Crippen LogP contribution in [0.15, 0.2) is 42.7 Å². The van der Waals surface area contributed by atoms with Gasteiger partial charge in [-0.1, -0.05) is 25.4 Å². The van der Waals surface area contributed by atoms with Crippen LogP contribution in [0.1, 0.15) is 37.2 Å². The van der Waals surface area contributed by atoms with Crippen LogP contribution >= 0.6 is 11.6 Å². The third-order valence-corrected chi connectivity index (χ3v) is 5.46. The van der Waals surface area contributed by atoms with Gasteiger partial charge in [0.1, 0.15) is 11.8 Å². The van der Waals surface area contributed by atoms with Crippen LogP contribution in [0.2, 0.25) is 5.15 Å². The number of aromatic nitrogens is 5. The number of nitrogen functional groups attached to an aromatic ring is 1. The normalized spacial score (nSPS) is 12.2. The fourth-order valence-electron chi connectivity index (χ4n) is 3.98. The summed E-state index contributed by atoms with van der Waals surface area (Å²) in [7, 11) is 0. The molecule has 0 aliphatic heterocycles. The quantitative estimate of drug-likeness (QED) is 0.484. The van der Waals surface area contributed by atoms with Gasteiger partial charge in [-0.25, -0.2) is 9.97 Å². The van der Waals surface area contributed by atoms with Crippen molar-refractivity contribution < 1.29 is 4.79 Å². The van der Waals surface area contributed by atoms with E-state index in [1.807, 2.05) is 38.1 Å². The largest absolute Gasteiger partial charge is 0.382 e. The first-order valence-corrected chi connectivity index (χ1v) is 11.0. The summed E-state index contributed by atoms with van der Waals surface area (Å²) >= 11 is 5.72. The third kappa shape index (κ3) is 4.13. The molecule has 1 aromatic carbocycles. The zero-order valence-electron chi connectivity index (χ0n) is 18.0. The second kappa shape index (κ2) is 9.32. The number of halogens is 1. The van der Waals surface area contributed by atoms with E-state index in [4.69, 9.17) is 17.3 Å². The minimum absolute atomic E-state index is 0.121. The number of aryl methyl sites for hydroxylation is 1. The number of fused-ring (bicyclic) bond motifs is 3. The highest BCUT2D eigenvalue weighted by Gasteiger charge is 2.25. The molecule has 0 unspecified atom stereocenters. The summed E-state index contributed by atoms with van der Waals surface area (Å²) in [5.41, 5.74) is 12.7. The van der Waals surface area contributed by atoms with Crippen molar-refractivity contribution in [2.24, 2.45) is 0 Å². The average molecular weight is 450 g/mol. The van der Waals surface area contributed by atoms with Crippen LogP contribution in [0.3, 0.4) is 0 Å². The fraction of sp³-hybridized carbons (Fsp3) is 0.261. The van der Waals surface area contributed by atoms with Crippen molar-refractivity contribution in [3.8, 4) is 5.69 Å². The molecule has 9 heteroatoms. The molecule has 4 aromatic rings. The number of nitrogens with two attached hydrogens (primary N) is 1. The van der Waals surface area contributed by atoms with E-state index in [1.54, 1.807) is 12.1 Å². The van der Waals surface area contributed by atoms with E-state index in [9.17, 15) is 4.79 Å². The number of anilines is 2. The molecule has 1 aliphatic carbocycles. The van der Waals surface area contributed by atoms with Gasteiger partial charge in [0.15, 0.2) is 11.0 Å². The first-order valence-electron chi connectivity index (χ1n) is 10.6. The molecule has 164 valence electrons. The molecule has 0 fully saturated rings. The van der Waals surface area contributed by atoms with E-state index in [2.05, 4.69) is 30.0 Å². The summed E-state index contributed by atoms with van der Waals surface area (Å²) in [6.07, 6.45) is 4.72. The van der Waals surface area contributed by atoms with Crippen molar-refractivity contribution in [2.75, 3.05) is 11.1 Å². The Morgan fingerprint density at radius 2 is 1.88 bits per heavy atom. The summed E-state index contributed by atoms with van der Waals surface area (Å²) < 4.78 is 2.14. The number of nitrogens with one attached hydrogen (secondary N) is 1. The Hall–Kier alpha value is -3.52. The van der Waals surface area contributed by atoms with E-state index < -0.39 is 0 Å². The van der Waals surface area contributed by atoms with Crippen LogP contribution in [-0.4, -0.2) is 30.6 Å². The van der Waals surface area contributed by atoms with Crippen molar-refractivity contribution in [3.05, 3.63) is 64.8 Å². The summed E-state index contributed by atoms with van der Waals surface area (Å²) in [5.74, 6) is 0.292. The molecule has 0 saturated carbocycles. The Morgan fingerprint density at radius 3 is 2.59 bits per heavy atom. The van der Waals surface area contributed by atoms with Gasteiger partial charge in [0.05, 0.1) is 17.6 Å². The first kappa shape index (κ1) is 21.7. The monoisotopic (exact) mass is 449 g/mol. The van der Waals surface area contributed by atoms with Crippen LogP contribution in [-0.2, 0) is 24.1 Å². The van der Waals surface area contributed by atoms with Crippen molar-refractivity contribution >= 4 is 40.0 Å². The van der Waals surface area contributed by atoms with Crippen LogP contribution < -0.4 is 11.1 Å². The van der Waals surface area contributed by atoms with E-state index in [0.717, 1.165) is 36.0 Å². The van der Waals surface area contributed by atoms with Gasteiger partial charge >= 0.3 is 0 Å². The Labute approximate surface area is 190 Å². The zero-order chi connectivity index (χ0) is 22.7. The van der Waals surface area contributed by atoms with E-state index in [-0.39, 0.29) is 12.3 Å². The molecule has 1 aliphatic rings. The molecule has 0 atom stereocenters. The lowest BCUT2D eigenvalue weighted by atomic mass is 10.2. The molecule has 3 N–H and O–H groups in total. The second-order valence-electron chi connectivity index (χ2n) is 7.19. The molecule has 32 heavy (non-hydrogen) atoms. The number of hydrogen-bond donors (Lipinski definition) is 2. The number of hydrogen-bond acceptors (Lipinski definition) is 6. The molecular formula is C23H24ClN7O. The maximum Gasteiger partial charge on any atom is 0.230 e.